The van der Waals surface area contributed by atoms with E-state index >= 15 is 0 Å². The summed E-state index contributed by atoms with van der Waals surface area (Å²) in [5.74, 6) is -0.827. The number of morpholine rings is 1. The summed E-state index contributed by atoms with van der Waals surface area (Å²) in [5.41, 5.74) is 0.0304. The predicted octanol–water partition coefficient (Wildman–Crippen LogP) is 1.91. The van der Waals surface area contributed by atoms with Crippen molar-refractivity contribution in [1.82, 2.24) is 5.32 Å². The van der Waals surface area contributed by atoms with Crippen LogP contribution in [0.1, 0.15) is 13.3 Å². The zero-order valence-electron chi connectivity index (χ0n) is 11.3. The summed E-state index contributed by atoms with van der Waals surface area (Å²) in [4.78, 5) is 9.81. The van der Waals surface area contributed by atoms with E-state index in [0.29, 0.717) is 12.3 Å². The maximum Gasteiger partial charge on any atom is 0.304 e. The first-order valence-corrected chi connectivity index (χ1v) is 6.58. The molecule has 2 unspecified atom stereocenters. The highest BCUT2D eigenvalue weighted by atomic mass is 19.1. The lowest BCUT2D eigenvalue weighted by Gasteiger charge is -2.27. The molecule has 1 aliphatic heterocycles. The Balaban J connectivity index is 1.92. The van der Waals surface area contributed by atoms with Crippen LogP contribution in [0.25, 0.3) is 0 Å². The van der Waals surface area contributed by atoms with E-state index in [1.54, 1.807) is 0 Å². The molecule has 1 aromatic carbocycles. The Bertz CT molecular complexity index is 478. The molecule has 1 aromatic rings. The van der Waals surface area contributed by atoms with Crippen LogP contribution >= 0.6 is 0 Å². The van der Waals surface area contributed by atoms with Crippen LogP contribution in [-0.4, -0.2) is 36.8 Å². The first-order chi connectivity index (χ1) is 9.56. The molecule has 6 nitrogen and oxygen atoms in total. The highest BCUT2D eigenvalue weighted by Gasteiger charge is 2.18. The first kappa shape index (κ1) is 14.7. The van der Waals surface area contributed by atoms with Crippen molar-refractivity contribution in [2.24, 2.45) is 0 Å². The van der Waals surface area contributed by atoms with Gasteiger partial charge in [-0.2, -0.15) is 4.39 Å². The highest BCUT2D eigenvalue weighted by Crippen LogP contribution is 2.21. The largest absolute Gasteiger partial charge is 0.382 e. The molecule has 0 amide bonds. The molecule has 20 heavy (non-hydrogen) atoms. The third-order valence-corrected chi connectivity index (χ3v) is 3.19. The molecular weight excluding hydrogens is 265 g/mol. The van der Waals surface area contributed by atoms with Gasteiger partial charge in [0.25, 0.3) is 0 Å². The zero-order valence-corrected chi connectivity index (χ0v) is 11.3. The fourth-order valence-corrected chi connectivity index (χ4v) is 2.29. The maximum absolute atomic E-state index is 13.5. The van der Waals surface area contributed by atoms with Crippen LogP contribution in [0, 0.1) is 15.9 Å². The lowest BCUT2D eigenvalue weighted by Crippen LogP contribution is -2.43. The van der Waals surface area contributed by atoms with Crippen LogP contribution in [0.2, 0.25) is 0 Å². The topological polar surface area (TPSA) is 76.4 Å². The SMILES string of the molecule is CC(CC1COCCN1)Nc1ccc([N+](=O)[O-])c(F)c1. The molecule has 1 heterocycles. The van der Waals surface area contributed by atoms with Crippen LogP contribution < -0.4 is 10.6 Å². The Kier molecular flexibility index (Phi) is 4.86. The Morgan fingerprint density at radius 3 is 3.05 bits per heavy atom. The van der Waals surface area contributed by atoms with Crippen LogP contribution in [0.3, 0.4) is 0 Å². The number of benzene rings is 1. The third kappa shape index (κ3) is 3.88. The van der Waals surface area contributed by atoms with Crippen molar-refractivity contribution in [3.05, 3.63) is 34.1 Å². The van der Waals surface area contributed by atoms with Gasteiger partial charge in [0.05, 0.1) is 18.1 Å². The molecular formula is C13H18FN3O3. The quantitative estimate of drug-likeness (QED) is 0.637. The molecule has 0 saturated carbocycles. The van der Waals surface area contributed by atoms with E-state index in [4.69, 9.17) is 4.74 Å². The zero-order chi connectivity index (χ0) is 14.5. The van der Waals surface area contributed by atoms with Gasteiger partial charge in [-0.25, -0.2) is 0 Å². The van der Waals surface area contributed by atoms with E-state index < -0.39 is 16.4 Å². The minimum Gasteiger partial charge on any atom is -0.382 e. The normalized spacial score (nSPS) is 20.4. The minimum atomic E-state index is -0.827. The van der Waals surface area contributed by atoms with Crippen LogP contribution in [0.4, 0.5) is 15.8 Å². The fourth-order valence-electron chi connectivity index (χ4n) is 2.29. The number of hydrogen-bond donors (Lipinski definition) is 2. The molecule has 0 spiro atoms. The summed E-state index contributed by atoms with van der Waals surface area (Å²) in [6.07, 6.45) is 0.832. The number of halogens is 1. The summed E-state index contributed by atoms with van der Waals surface area (Å²) in [5, 5.41) is 17.0. The Hall–Kier alpha value is -1.73. The molecule has 0 bridgehead atoms. The monoisotopic (exact) mass is 283 g/mol. The number of nitro groups is 1. The third-order valence-electron chi connectivity index (χ3n) is 3.19. The summed E-state index contributed by atoms with van der Waals surface area (Å²) in [6, 6.07) is 4.22. The molecule has 2 N–H and O–H groups in total. The van der Waals surface area contributed by atoms with Crippen molar-refractivity contribution >= 4 is 11.4 Å². The molecule has 0 aliphatic carbocycles. The average molecular weight is 283 g/mol. The van der Waals surface area contributed by atoms with Crippen molar-refractivity contribution in [2.75, 3.05) is 25.1 Å². The van der Waals surface area contributed by atoms with E-state index in [1.807, 2.05) is 6.92 Å². The molecule has 1 saturated heterocycles. The second-order valence-electron chi connectivity index (χ2n) is 4.93. The first-order valence-electron chi connectivity index (χ1n) is 6.58. The van der Waals surface area contributed by atoms with Crippen LogP contribution in [-0.2, 0) is 4.74 Å². The Morgan fingerprint density at radius 2 is 2.45 bits per heavy atom. The van der Waals surface area contributed by atoms with Gasteiger partial charge in [0.15, 0.2) is 0 Å². The molecule has 2 atom stereocenters. The van der Waals surface area contributed by atoms with Gasteiger partial charge in [0.1, 0.15) is 0 Å². The Morgan fingerprint density at radius 1 is 1.65 bits per heavy atom. The van der Waals surface area contributed by atoms with E-state index in [2.05, 4.69) is 10.6 Å². The number of rotatable bonds is 5. The molecule has 2 rings (SSSR count). The molecule has 0 aromatic heterocycles. The number of hydrogen-bond acceptors (Lipinski definition) is 5. The van der Waals surface area contributed by atoms with E-state index in [9.17, 15) is 14.5 Å². The maximum atomic E-state index is 13.5. The van der Waals surface area contributed by atoms with Crippen molar-refractivity contribution in [3.63, 3.8) is 0 Å². The molecule has 7 heteroatoms. The number of nitro benzene ring substituents is 1. The van der Waals surface area contributed by atoms with Crippen molar-refractivity contribution in [1.29, 1.82) is 0 Å². The number of nitrogens with one attached hydrogen (secondary N) is 2. The van der Waals surface area contributed by atoms with Gasteiger partial charge in [0, 0.05) is 36.4 Å². The summed E-state index contributed by atoms with van der Waals surface area (Å²) in [7, 11) is 0. The summed E-state index contributed by atoms with van der Waals surface area (Å²) >= 11 is 0. The highest BCUT2D eigenvalue weighted by molar-refractivity contribution is 5.50. The lowest BCUT2D eigenvalue weighted by atomic mass is 10.1. The second kappa shape index (κ2) is 6.62. The Labute approximate surface area is 116 Å². The van der Waals surface area contributed by atoms with Gasteiger partial charge in [-0.1, -0.05) is 0 Å². The van der Waals surface area contributed by atoms with E-state index in [1.165, 1.54) is 12.1 Å². The minimum absolute atomic E-state index is 0.107. The van der Waals surface area contributed by atoms with Crippen LogP contribution in [0.15, 0.2) is 18.2 Å². The van der Waals surface area contributed by atoms with Gasteiger partial charge in [-0.3, -0.25) is 10.1 Å². The van der Waals surface area contributed by atoms with Gasteiger partial charge in [0.2, 0.25) is 5.82 Å². The number of ether oxygens (including phenoxy) is 1. The lowest BCUT2D eigenvalue weighted by molar-refractivity contribution is -0.387. The van der Waals surface area contributed by atoms with E-state index in [-0.39, 0.29) is 12.1 Å². The second-order valence-corrected chi connectivity index (χ2v) is 4.93. The molecule has 1 aliphatic rings. The molecule has 110 valence electrons. The van der Waals surface area contributed by atoms with Crippen molar-refractivity contribution < 1.29 is 14.1 Å². The standard InChI is InChI=1S/C13H18FN3O3/c1-9(6-11-8-20-5-4-15-11)16-10-2-3-13(17(18)19)12(14)7-10/h2-3,7,9,11,15-16H,4-6,8H2,1H3. The summed E-state index contributed by atoms with van der Waals surface area (Å²) in [6.45, 7) is 4.21. The van der Waals surface area contributed by atoms with Crippen LogP contribution in [0.5, 0.6) is 0 Å². The smallest absolute Gasteiger partial charge is 0.304 e. The fraction of sp³-hybridized carbons (Fsp3) is 0.538. The van der Waals surface area contributed by atoms with E-state index in [0.717, 1.165) is 25.6 Å². The van der Waals surface area contributed by atoms with Crippen molar-refractivity contribution in [2.45, 2.75) is 25.4 Å². The number of nitrogens with zero attached hydrogens (tertiary/aromatic N) is 1. The summed E-state index contributed by atoms with van der Waals surface area (Å²) < 4.78 is 18.9. The average Bonchev–Trinajstić information content (AvgIpc) is 2.39. The van der Waals surface area contributed by atoms with Gasteiger partial charge in [-0.15, -0.1) is 0 Å². The molecule has 1 fully saturated rings. The van der Waals surface area contributed by atoms with Gasteiger partial charge >= 0.3 is 5.69 Å². The van der Waals surface area contributed by atoms with Gasteiger partial charge < -0.3 is 15.4 Å². The number of anilines is 1. The van der Waals surface area contributed by atoms with Crippen molar-refractivity contribution in [3.8, 4) is 0 Å². The predicted molar refractivity (Wildman–Crippen MR) is 73.4 cm³/mol. The van der Waals surface area contributed by atoms with Gasteiger partial charge in [-0.05, 0) is 19.4 Å². The molecule has 0 radical (unpaired) electrons.